The van der Waals surface area contributed by atoms with Crippen LogP contribution in [0.2, 0.25) is 0 Å². The number of nitrogens with zero attached hydrogens (tertiary/aromatic N) is 1. The third-order valence-electron chi connectivity index (χ3n) is 2.37. The van der Waals surface area contributed by atoms with Crippen molar-refractivity contribution in [3.8, 4) is 0 Å². The molecule has 0 fully saturated rings. The number of nitrogen functional groups attached to an aromatic ring is 1. The number of nitrogens with one attached hydrogen (secondary N) is 2. The monoisotopic (exact) mass is 360 g/mol. The SMILES string of the molecule is NNc1cc(S(=O)(=O)Nc2ccc(Br)cc2F)ccn1. The van der Waals surface area contributed by atoms with Crippen LogP contribution in [-0.2, 0) is 10.0 Å². The largest absolute Gasteiger partial charge is 0.308 e. The number of nitrogens with two attached hydrogens (primary N) is 1. The molecule has 1 heterocycles. The fraction of sp³-hybridized carbons (Fsp3) is 0. The maximum absolute atomic E-state index is 13.6. The Labute approximate surface area is 123 Å². The number of hydrogen-bond donors (Lipinski definition) is 3. The van der Waals surface area contributed by atoms with Gasteiger partial charge < -0.3 is 5.43 Å². The van der Waals surface area contributed by atoms with E-state index in [-0.39, 0.29) is 16.4 Å². The molecule has 0 radical (unpaired) electrons. The molecule has 4 N–H and O–H groups in total. The molecule has 0 atom stereocenters. The second-order valence-electron chi connectivity index (χ2n) is 3.75. The Bertz CT molecular complexity index is 739. The van der Waals surface area contributed by atoms with Crippen LogP contribution in [0.1, 0.15) is 0 Å². The van der Waals surface area contributed by atoms with E-state index in [0.29, 0.717) is 4.47 Å². The van der Waals surface area contributed by atoms with Crippen molar-refractivity contribution >= 4 is 37.5 Å². The van der Waals surface area contributed by atoms with E-state index in [0.717, 1.165) is 6.07 Å². The minimum atomic E-state index is -3.92. The fourth-order valence-corrected chi connectivity index (χ4v) is 2.85. The average Bonchev–Trinajstić information content (AvgIpc) is 2.42. The van der Waals surface area contributed by atoms with E-state index >= 15 is 0 Å². The topological polar surface area (TPSA) is 97.1 Å². The maximum Gasteiger partial charge on any atom is 0.262 e. The summed E-state index contributed by atoms with van der Waals surface area (Å²) in [6, 6.07) is 6.52. The molecule has 0 unspecified atom stereocenters. The summed E-state index contributed by atoms with van der Waals surface area (Å²) < 4.78 is 40.6. The fourth-order valence-electron chi connectivity index (χ4n) is 1.43. The minimum Gasteiger partial charge on any atom is -0.308 e. The summed E-state index contributed by atoms with van der Waals surface area (Å²) in [5.74, 6) is 4.66. The molecule has 1 aromatic carbocycles. The summed E-state index contributed by atoms with van der Waals surface area (Å²) in [6.45, 7) is 0. The molecule has 106 valence electrons. The van der Waals surface area contributed by atoms with Crippen molar-refractivity contribution in [2.75, 3.05) is 10.1 Å². The molecule has 2 aromatic rings. The van der Waals surface area contributed by atoms with Crippen LogP contribution in [-0.4, -0.2) is 13.4 Å². The van der Waals surface area contributed by atoms with Crippen molar-refractivity contribution in [2.24, 2.45) is 5.84 Å². The quantitative estimate of drug-likeness (QED) is 0.572. The van der Waals surface area contributed by atoms with E-state index < -0.39 is 15.8 Å². The first-order valence-electron chi connectivity index (χ1n) is 5.33. The van der Waals surface area contributed by atoms with Gasteiger partial charge in [-0.15, -0.1) is 0 Å². The molecule has 1 aromatic heterocycles. The van der Waals surface area contributed by atoms with Crippen LogP contribution in [0, 0.1) is 5.82 Å². The normalized spacial score (nSPS) is 11.2. The standard InChI is InChI=1S/C11H10BrFN4O2S/c12-7-1-2-10(9(13)5-7)17-20(18,19)8-3-4-15-11(6-8)16-14/h1-6,17H,14H2,(H,15,16). The molecular weight excluding hydrogens is 351 g/mol. The molecule has 0 bridgehead atoms. The second-order valence-corrected chi connectivity index (χ2v) is 6.35. The third-order valence-corrected chi connectivity index (χ3v) is 4.22. The van der Waals surface area contributed by atoms with E-state index in [2.05, 4.69) is 31.1 Å². The first-order chi connectivity index (χ1) is 9.42. The number of anilines is 2. The number of hydrazine groups is 1. The van der Waals surface area contributed by atoms with Crippen LogP contribution < -0.4 is 16.0 Å². The Morgan fingerprint density at radius 3 is 2.65 bits per heavy atom. The summed E-state index contributed by atoms with van der Waals surface area (Å²) >= 11 is 3.09. The summed E-state index contributed by atoms with van der Waals surface area (Å²) in [5.41, 5.74) is 2.09. The van der Waals surface area contributed by atoms with Gasteiger partial charge in [-0.05, 0) is 24.3 Å². The van der Waals surface area contributed by atoms with Crippen LogP contribution in [0.5, 0.6) is 0 Å². The van der Waals surface area contributed by atoms with Gasteiger partial charge in [0.25, 0.3) is 10.0 Å². The summed E-state index contributed by atoms with van der Waals surface area (Å²) in [4.78, 5) is 3.72. The molecule has 6 nitrogen and oxygen atoms in total. The molecule has 0 saturated carbocycles. The summed E-state index contributed by atoms with van der Waals surface area (Å²) in [7, 11) is -3.92. The molecule has 0 aliphatic rings. The van der Waals surface area contributed by atoms with Gasteiger partial charge in [0, 0.05) is 16.7 Å². The van der Waals surface area contributed by atoms with Crippen LogP contribution in [0.3, 0.4) is 0 Å². The first-order valence-corrected chi connectivity index (χ1v) is 7.60. The van der Waals surface area contributed by atoms with Crippen molar-refractivity contribution in [1.82, 2.24) is 4.98 Å². The van der Waals surface area contributed by atoms with Gasteiger partial charge in [0.05, 0.1) is 10.6 Å². The number of halogens is 2. The Morgan fingerprint density at radius 2 is 2.00 bits per heavy atom. The predicted molar refractivity (Wildman–Crippen MR) is 77.0 cm³/mol. The Morgan fingerprint density at radius 1 is 1.25 bits per heavy atom. The molecule has 0 spiro atoms. The average molecular weight is 361 g/mol. The van der Waals surface area contributed by atoms with Crippen LogP contribution in [0.4, 0.5) is 15.9 Å². The van der Waals surface area contributed by atoms with Crippen molar-refractivity contribution in [2.45, 2.75) is 4.90 Å². The maximum atomic E-state index is 13.6. The molecule has 0 aliphatic heterocycles. The lowest BCUT2D eigenvalue weighted by atomic mass is 10.3. The van der Waals surface area contributed by atoms with Gasteiger partial charge >= 0.3 is 0 Å². The molecular formula is C11H10BrFN4O2S. The molecule has 0 saturated heterocycles. The molecule has 0 amide bonds. The zero-order chi connectivity index (χ0) is 14.8. The van der Waals surface area contributed by atoms with E-state index in [9.17, 15) is 12.8 Å². The number of hydrogen-bond acceptors (Lipinski definition) is 5. The summed E-state index contributed by atoms with van der Waals surface area (Å²) in [6.07, 6.45) is 1.28. The number of sulfonamides is 1. The number of aromatic nitrogens is 1. The Balaban J connectivity index is 2.35. The molecule has 2 rings (SSSR count). The van der Waals surface area contributed by atoms with E-state index in [1.54, 1.807) is 0 Å². The highest BCUT2D eigenvalue weighted by Gasteiger charge is 2.17. The number of pyridine rings is 1. The van der Waals surface area contributed by atoms with E-state index in [1.807, 2.05) is 0 Å². The van der Waals surface area contributed by atoms with Gasteiger partial charge in [0.1, 0.15) is 11.6 Å². The van der Waals surface area contributed by atoms with Gasteiger partial charge in [-0.1, -0.05) is 15.9 Å². The van der Waals surface area contributed by atoms with Crippen LogP contribution in [0.15, 0.2) is 45.9 Å². The van der Waals surface area contributed by atoms with Gasteiger partial charge in [-0.25, -0.2) is 23.6 Å². The lowest BCUT2D eigenvalue weighted by molar-refractivity contribution is 0.598. The number of benzene rings is 1. The van der Waals surface area contributed by atoms with Gasteiger partial charge in [-0.3, -0.25) is 4.72 Å². The Kier molecular flexibility index (Phi) is 4.21. The smallest absolute Gasteiger partial charge is 0.262 e. The highest BCUT2D eigenvalue weighted by molar-refractivity contribution is 9.10. The Hall–Kier alpha value is -1.71. The van der Waals surface area contributed by atoms with Crippen LogP contribution >= 0.6 is 15.9 Å². The second kappa shape index (κ2) is 5.73. The van der Waals surface area contributed by atoms with E-state index in [1.165, 1.54) is 30.5 Å². The highest BCUT2D eigenvalue weighted by Crippen LogP contribution is 2.22. The minimum absolute atomic E-state index is 0.0808. The van der Waals surface area contributed by atoms with Crippen molar-refractivity contribution in [3.05, 3.63) is 46.8 Å². The molecule has 20 heavy (non-hydrogen) atoms. The van der Waals surface area contributed by atoms with E-state index in [4.69, 9.17) is 5.84 Å². The molecule has 9 heteroatoms. The summed E-state index contributed by atoms with van der Waals surface area (Å²) in [5, 5.41) is 0. The van der Waals surface area contributed by atoms with Crippen LogP contribution in [0.25, 0.3) is 0 Å². The predicted octanol–water partition coefficient (Wildman–Crippen LogP) is 2.07. The van der Waals surface area contributed by atoms with Crippen molar-refractivity contribution < 1.29 is 12.8 Å². The zero-order valence-electron chi connectivity index (χ0n) is 9.97. The van der Waals surface area contributed by atoms with Gasteiger partial charge in [-0.2, -0.15) is 0 Å². The van der Waals surface area contributed by atoms with Gasteiger partial charge in [0.2, 0.25) is 0 Å². The number of rotatable bonds is 4. The third kappa shape index (κ3) is 3.24. The van der Waals surface area contributed by atoms with Gasteiger partial charge in [0.15, 0.2) is 0 Å². The molecule has 0 aliphatic carbocycles. The zero-order valence-corrected chi connectivity index (χ0v) is 12.4. The van der Waals surface area contributed by atoms with Crippen molar-refractivity contribution in [1.29, 1.82) is 0 Å². The highest BCUT2D eigenvalue weighted by atomic mass is 79.9. The first kappa shape index (κ1) is 14.7. The van der Waals surface area contributed by atoms with Crippen molar-refractivity contribution in [3.63, 3.8) is 0 Å². The lowest BCUT2D eigenvalue weighted by Crippen LogP contribution is -2.15. The lowest BCUT2D eigenvalue weighted by Gasteiger charge is -2.10.